The number of aliphatic imine (C=N–C) groups is 1. The van der Waals surface area contributed by atoms with Gasteiger partial charge >= 0.3 is 0 Å². The Morgan fingerprint density at radius 2 is 1.96 bits per heavy atom. The zero-order valence-electron chi connectivity index (χ0n) is 13.5. The van der Waals surface area contributed by atoms with Crippen molar-refractivity contribution >= 4 is 40.7 Å². The molecule has 2 amide bonds. The summed E-state index contributed by atoms with van der Waals surface area (Å²) in [7, 11) is 0. The van der Waals surface area contributed by atoms with E-state index in [1.165, 1.54) is 0 Å². The van der Waals surface area contributed by atoms with Crippen LogP contribution in [-0.2, 0) is 9.59 Å². The highest BCUT2D eigenvalue weighted by molar-refractivity contribution is 6.31. The normalized spacial score (nSPS) is 16.6. The lowest BCUT2D eigenvalue weighted by molar-refractivity contribution is -0.124. The number of carbonyl (C=O) groups is 2. The number of carbonyl (C=O) groups excluding carboxylic acids is 2. The third kappa shape index (κ3) is 4.16. The number of halogens is 1. The topological polar surface area (TPSA) is 82.6 Å². The zero-order valence-corrected chi connectivity index (χ0v) is 14.3. The van der Waals surface area contributed by atoms with E-state index >= 15 is 0 Å². The van der Waals surface area contributed by atoms with Crippen LogP contribution in [0.2, 0.25) is 5.02 Å². The monoisotopic (exact) mass is 356 g/mol. The number of anilines is 2. The van der Waals surface area contributed by atoms with E-state index in [2.05, 4.69) is 20.9 Å². The zero-order chi connectivity index (χ0) is 17.8. The fourth-order valence-corrected chi connectivity index (χ4v) is 2.60. The predicted molar refractivity (Wildman–Crippen MR) is 98.9 cm³/mol. The van der Waals surface area contributed by atoms with E-state index in [9.17, 15) is 9.59 Å². The van der Waals surface area contributed by atoms with Crippen LogP contribution in [0.1, 0.15) is 12.0 Å². The van der Waals surface area contributed by atoms with Crippen LogP contribution in [0.25, 0.3) is 0 Å². The molecule has 0 bridgehead atoms. The van der Waals surface area contributed by atoms with Crippen molar-refractivity contribution in [2.45, 2.75) is 19.4 Å². The van der Waals surface area contributed by atoms with E-state index in [0.29, 0.717) is 10.7 Å². The smallest absolute Gasteiger partial charge is 0.249 e. The molecule has 2 aromatic rings. The summed E-state index contributed by atoms with van der Waals surface area (Å²) in [5.74, 6) is -0.366. The SMILES string of the molecule is Cc1c(Cl)cccc1NC(=O)[C@H]1CC(=O)NC(Nc2ccccc2)=N1. The molecule has 0 radical (unpaired) electrons. The van der Waals surface area contributed by atoms with Crippen LogP contribution in [0, 0.1) is 6.92 Å². The van der Waals surface area contributed by atoms with Gasteiger partial charge in [-0.3, -0.25) is 14.9 Å². The number of hydrogen-bond donors (Lipinski definition) is 3. The van der Waals surface area contributed by atoms with Gasteiger partial charge in [0.1, 0.15) is 6.04 Å². The number of rotatable bonds is 3. The Morgan fingerprint density at radius 1 is 1.20 bits per heavy atom. The van der Waals surface area contributed by atoms with Crippen molar-refractivity contribution < 1.29 is 9.59 Å². The molecule has 3 N–H and O–H groups in total. The van der Waals surface area contributed by atoms with Crippen LogP contribution in [0.3, 0.4) is 0 Å². The van der Waals surface area contributed by atoms with Crippen molar-refractivity contribution in [2.75, 3.05) is 10.6 Å². The first-order valence-electron chi connectivity index (χ1n) is 7.78. The highest BCUT2D eigenvalue weighted by Gasteiger charge is 2.27. The summed E-state index contributed by atoms with van der Waals surface area (Å²) in [6.45, 7) is 1.82. The van der Waals surface area contributed by atoms with Crippen LogP contribution in [-0.4, -0.2) is 23.8 Å². The van der Waals surface area contributed by atoms with Crippen LogP contribution in [0.5, 0.6) is 0 Å². The van der Waals surface area contributed by atoms with Crippen molar-refractivity contribution in [1.82, 2.24) is 5.32 Å². The number of hydrogen-bond acceptors (Lipinski definition) is 4. The van der Waals surface area contributed by atoms with Gasteiger partial charge in [0.2, 0.25) is 17.8 Å². The maximum absolute atomic E-state index is 12.5. The molecule has 0 unspecified atom stereocenters. The minimum Gasteiger partial charge on any atom is -0.326 e. The lowest BCUT2D eigenvalue weighted by Gasteiger charge is -2.21. The van der Waals surface area contributed by atoms with Gasteiger partial charge in [-0.25, -0.2) is 4.99 Å². The van der Waals surface area contributed by atoms with Crippen molar-refractivity contribution in [3.8, 4) is 0 Å². The van der Waals surface area contributed by atoms with Crippen LogP contribution in [0.4, 0.5) is 11.4 Å². The molecule has 1 heterocycles. The summed E-state index contributed by atoms with van der Waals surface area (Å²) >= 11 is 6.07. The van der Waals surface area contributed by atoms with Crippen LogP contribution < -0.4 is 16.0 Å². The first-order valence-corrected chi connectivity index (χ1v) is 8.16. The molecule has 128 valence electrons. The molecule has 0 spiro atoms. The van der Waals surface area contributed by atoms with Gasteiger partial charge < -0.3 is 10.6 Å². The molecule has 1 aliphatic heterocycles. The van der Waals surface area contributed by atoms with Gasteiger partial charge in [-0.05, 0) is 36.8 Å². The van der Waals surface area contributed by atoms with E-state index in [4.69, 9.17) is 11.6 Å². The van der Waals surface area contributed by atoms with E-state index < -0.39 is 6.04 Å². The maximum Gasteiger partial charge on any atom is 0.249 e. The molecule has 1 aliphatic rings. The Bertz CT molecular complexity index is 836. The lowest BCUT2D eigenvalue weighted by atomic mass is 10.1. The van der Waals surface area contributed by atoms with Crippen LogP contribution >= 0.6 is 11.6 Å². The fraction of sp³-hybridized carbons (Fsp3) is 0.167. The van der Waals surface area contributed by atoms with E-state index in [1.54, 1.807) is 18.2 Å². The van der Waals surface area contributed by atoms with Gasteiger partial charge in [-0.1, -0.05) is 35.9 Å². The minimum atomic E-state index is -0.807. The molecule has 7 heteroatoms. The minimum absolute atomic E-state index is 0.00852. The Balaban J connectivity index is 1.76. The lowest BCUT2D eigenvalue weighted by Crippen LogP contribution is -2.45. The molecule has 3 rings (SSSR count). The summed E-state index contributed by atoms with van der Waals surface area (Å²) in [5.41, 5.74) is 2.15. The number of para-hydroxylation sites is 1. The molecule has 25 heavy (non-hydrogen) atoms. The molecule has 0 saturated carbocycles. The second kappa shape index (κ2) is 7.36. The van der Waals surface area contributed by atoms with Crippen molar-refractivity contribution in [3.05, 3.63) is 59.1 Å². The summed E-state index contributed by atoms with van der Waals surface area (Å²) in [6.07, 6.45) is -0.00852. The molecule has 0 saturated heterocycles. The first-order chi connectivity index (χ1) is 12.0. The fourth-order valence-electron chi connectivity index (χ4n) is 2.42. The maximum atomic E-state index is 12.5. The second-order valence-corrected chi connectivity index (χ2v) is 6.05. The number of nitrogens with one attached hydrogen (secondary N) is 3. The highest BCUT2D eigenvalue weighted by atomic mass is 35.5. The average Bonchev–Trinajstić information content (AvgIpc) is 2.59. The molecule has 6 nitrogen and oxygen atoms in total. The van der Waals surface area contributed by atoms with E-state index in [0.717, 1.165) is 11.3 Å². The number of amides is 2. The van der Waals surface area contributed by atoms with Gasteiger partial charge in [0.25, 0.3) is 0 Å². The van der Waals surface area contributed by atoms with E-state index in [-0.39, 0.29) is 24.2 Å². The molecule has 2 aromatic carbocycles. The highest BCUT2D eigenvalue weighted by Crippen LogP contribution is 2.23. The van der Waals surface area contributed by atoms with Gasteiger partial charge in [0, 0.05) is 16.4 Å². The standard InChI is InChI=1S/C18H17ClN4O2/c1-11-13(19)8-5-9-14(11)21-17(25)15-10-16(24)23-18(22-15)20-12-6-3-2-4-7-12/h2-9,15H,10H2,1H3,(H,21,25)(H2,20,22,23,24)/t15-/m1/s1. The molecule has 0 aromatic heterocycles. The largest absolute Gasteiger partial charge is 0.326 e. The summed E-state index contributed by atoms with van der Waals surface area (Å²) < 4.78 is 0. The Kier molecular flexibility index (Phi) is 5.00. The number of benzene rings is 2. The Morgan fingerprint density at radius 3 is 2.72 bits per heavy atom. The first kappa shape index (κ1) is 17.0. The molecule has 0 aliphatic carbocycles. The quantitative estimate of drug-likeness (QED) is 0.790. The summed E-state index contributed by atoms with van der Waals surface area (Å²) in [4.78, 5) is 28.7. The molecular weight excluding hydrogens is 340 g/mol. The number of guanidine groups is 1. The van der Waals surface area contributed by atoms with E-state index in [1.807, 2.05) is 37.3 Å². The predicted octanol–water partition coefficient (Wildman–Crippen LogP) is 2.94. The van der Waals surface area contributed by atoms with Gasteiger partial charge in [-0.15, -0.1) is 0 Å². The third-order valence-corrected chi connectivity index (χ3v) is 4.20. The average molecular weight is 357 g/mol. The second-order valence-electron chi connectivity index (χ2n) is 5.64. The van der Waals surface area contributed by atoms with Crippen molar-refractivity contribution in [2.24, 2.45) is 4.99 Å². The number of nitrogens with zero attached hydrogens (tertiary/aromatic N) is 1. The molecule has 0 fully saturated rings. The van der Waals surface area contributed by atoms with Gasteiger partial charge in [0.05, 0.1) is 6.42 Å². The van der Waals surface area contributed by atoms with Crippen molar-refractivity contribution in [3.63, 3.8) is 0 Å². The third-order valence-electron chi connectivity index (χ3n) is 3.79. The van der Waals surface area contributed by atoms with Crippen LogP contribution in [0.15, 0.2) is 53.5 Å². The molecule has 1 atom stereocenters. The summed E-state index contributed by atoms with van der Waals surface area (Å²) in [6, 6.07) is 13.7. The summed E-state index contributed by atoms with van der Waals surface area (Å²) in [5, 5.41) is 8.98. The molecular formula is C18H17ClN4O2. The van der Waals surface area contributed by atoms with Gasteiger partial charge in [-0.2, -0.15) is 0 Å². The Hall–Kier alpha value is -2.86. The Labute approximate surface area is 150 Å². The van der Waals surface area contributed by atoms with Crippen molar-refractivity contribution in [1.29, 1.82) is 0 Å². The van der Waals surface area contributed by atoms with Gasteiger partial charge in [0.15, 0.2) is 0 Å².